The highest BCUT2D eigenvalue weighted by Gasteiger charge is 2.41. The average Bonchev–Trinajstić information content (AvgIpc) is 2.32. The SMILES string of the molecule is CN(CC1(N(C)C)CCC1)C(=O)c1c(O)cccc1O. The van der Waals surface area contributed by atoms with Crippen molar-refractivity contribution in [2.45, 2.75) is 24.8 Å². The Labute approximate surface area is 119 Å². The van der Waals surface area contributed by atoms with Gasteiger partial charge in [-0.05, 0) is 45.5 Å². The first-order valence-electron chi connectivity index (χ1n) is 6.81. The van der Waals surface area contributed by atoms with Crippen LogP contribution in [0.5, 0.6) is 11.5 Å². The lowest BCUT2D eigenvalue weighted by Gasteiger charge is -2.49. The Balaban J connectivity index is 2.17. The summed E-state index contributed by atoms with van der Waals surface area (Å²) in [6, 6.07) is 4.33. The number of hydrogen-bond acceptors (Lipinski definition) is 4. The number of hydrogen-bond donors (Lipinski definition) is 2. The third-order valence-corrected chi connectivity index (χ3v) is 4.35. The second-order valence-corrected chi connectivity index (χ2v) is 5.80. The van der Waals surface area contributed by atoms with E-state index in [1.807, 2.05) is 14.1 Å². The van der Waals surface area contributed by atoms with Gasteiger partial charge in [0.2, 0.25) is 0 Å². The molecule has 0 radical (unpaired) electrons. The first-order valence-corrected chi connectivity index (χ1v) is 6.81. The van der Waals surface area contributed by atoms with E-state index in [4.69, 9.17) is 0 Å². The Morgan fingerprint density at radius 2 is 1.75 bits per heavy atom. The van der Waals surface area contributed by atoms with Crippen LogP contribution in [0.2, 0.25) is 0 Å². The number of amides is 1. The average molecular weight is 278 g/mol. The Morgan fingerprint density at radius 3 is 2.15 bits per heavy atom. The first kappa shape index (κ1) is 14.7. The molecule has 0 unspecified atom stereocenters. The van der Waals surface area contributed by atoms with Gasteiger partial charge in [0.25, 0.3) is 5.91 Å². The van der Waals surface area contributed by atoms with Crippen LogP contribution in [-0.4, -0.2) is 59.1 Å². The summed E-state index contributed by atoms with van der Waals surface area (Å²) in [5.41, 5.74) is -0.00651. The predicted molar refractivity (Wildman–Crippen MR) is 77.0 cm³/mol. The molecule has 0 aromatic heterocycles. The molecule has 20 heavy (non-hydrogen) atoms. The van der Waals surface area contributed by atoms with Gasteiger partial charge in [0.1, 0.15) is 17.1 Å². The minimum atomic E-state index is -0.353. The lowest BCUT2D eigenvalue weighted by Crippen LogP contribution is -2.57. The maximum absolute atomic E-state index is 12.4. The Hall–Kier alpha value is -1.75. The zero-order valence-corrected chi connectivity index (χ0v) is 12.3. The van der Waals surface area contributed by atoms with E-state index in [-0.39, 0.29) is 28.5 Å². The van der Waals surface area contributed by atoms with E-state index in [0.717, 1.165) is 12.8 Å². The molecule has 5 nitrogen and oxygen atoms in total. The molecule has 0 aliphatic heterocycles. The lowest BCUT2D eigenvalue weighted by molar-refractivity contribution is 0.0250. The summed E-state index contributed by atoms with van der Waals surface area (Å²) in [5, 5.41) is 19.5. The van der Waals surface area contributed by atoms with Crippen LogP contribution < -0.4 is 0 Å². The fraction of sp³-hybridized carbons (Fsp3) is 0.533. The molecule has 0 bridgehead atoms. The zero-order chi connectivity index (χ0) is 14.9. The molecule has 2 N–H and O–H groups in total. The van der Waals surface area contributed by atoms with Crippen molar-refractivity contribution in [3.8, 4) is 11.5 Å². The third kappa shape index (κ3) is 2.45. The highest BCUT2D eigenvalue weighted by atomic mass is 16.3. The van der Waals surface area contributed by atoms with Gasteiger partial charge in [-0.1, -0.05) is 6.07 Å². The number of nitrogens with zero attached hydrogens (tertiary/aromatic N) is 2. The largest absolute Gasteiger partial charge is 0.507 e. The molecule has 5 heteroatoms. The van der Waals surface area contributed by atoms with Crippen molar-refractivity contribution in [1.82, 2.24) is 9.80 Å². The number of rotatable bonds is 4. The Kier molecular flexibility index (Phi) is 3.90. The first-order chi connectivity index (χ1) is 9.37. The molecule has 1 aromatic rings. The molecule has 2 rings (SSSR count). The van der Waals surface area contributed by atoms with E-state index >= 15 is 0 Å². The quantitative estimate of drug-likeness (QED) is 0.879. The van der Waals surface area contributed by atoms with Crippen LogP contribution in [0.15, 0.2) is 18.2 Å². The van der Waals surface area contributed by atoms with Crippen molar-refractivity contribution in [3.05, 3.63) is 23.8 Å². The molecule has 0 spiro atoms. The lowest BCUT2D eigenvalue weighted by atomic mass is 9.75. The van der Waals surface area contributed by atoms with Crippen LogP contribution in [0.4, 0.5) is 0 Å². The van der Waals surface area contributed by atoms with Crippen LogP contribution in [0.25, 0.3) is 0 Å². The van der Waals surface area contributed by atoms with Gasteiger partial charge in [-0.25, -0.2) is 0 Å². The van der Waals surface area contributed by atoms with Gasteiger partial charge in [0.05, 0.1) is 0 Å². The Bertz CT molecular complexity index is 490. The maximum Gasteiger partial charge on any atom is 0.261 e. The molecule has 110 valence electrons. The number of likely N-dealkylation sites (N-methyl/N-ethyl adjacent to an activating group) is 2. The van der Waals surface area contributed by atoms with E-state index in [1.165, 1.54) is 24.6 Å². The molecular weight excluding hydrogens is 256 g/mol. The van der Waals surface area contributed by atoms with Gasteiger partial charge in [0, 0.05) is 19.1 Å². The van der Waals surface area contributed by atoms with E-state index in [9.17, 15) is 15.0 Å². The van der Waals surface area contributed by atoms with Gasteiger partial charge in [-0.3, -0.25) is 4.79 Å². The summed E-state index contributed by atoms with van der Waals surface area (Å²) in [6.45, 7) is 0.590. The van der Waals surface area contributed by atoms with Gasteiger partial charge in [0.15, 0.2) is 0 Å². The van der Waals surface area contributed by atoms with Crippen molar-refractivity contribution in [2.75, 3.05) is 27.7 Å². The van der Waals surface area contributed by atoms with Crippen molar-refractivity contribution < 1.29 is 15.0 Å². The monoisotopic (exact) mass is 278 g/mol. The second-order valence-electron chi connectivity index (χ2n) is 5.80. The van der Waals surface area contributed by atoms with Crippen molar-refractivity contribution in [2.24, 2.45) is 0 Å². The number of benzene rings is 1. The summed E-state index contributed by atoms with van der Waals surface area (Å²) < 4.78 is 0. The highest BCUT2D eigenvalue weighted by molar-refractivity contribution is 5.99. The number of phenolic OH excluding ortho intramolecular Hbond substituents is 2. The fourth-order valence-electron chi connectivity index (χ4n) is 2.78. The smallest absolute Gasteiger partial charge is 0.261 e. The minimum Gasteiger partial charge on any atom is -0.507 e. The van der Waals surface area contributed by atoms with Crippen LogP contribution in [0, 0.1) is 0 Å². The van der Waals surface area contributed by atoms with E-state index < -0.39 is 0 Å². The topological polar surface area (TPSA) is 64.0 Å². The molecule has 0 heterocycles. The fourth-order valence-corrected chi connectivity index (χ4v) is 2.78. The van der Waals surface area contributed by atoms with Gasteiger partial charge in [-0.15, -0.1) is 0 Å². The summed E-state index contributed by atoms with van der Waals surface area (Å²) in [4.78, 5) is 16.1. The van der Waals surface area contributed by atoms with Crippen LogP contribution >= 0.6 is 0 Å². The molecular formula is C15H22N2O3. The van der Waals surface area contributed by atoms with Crippen LogP contribution in [-0.2, 0) is 0 Å². The molecule has 1 aromatic carbocycles. The number of carbonyl (C=O) groups excluding carboxylic acids is 1. The van der Waals surface area contributed by atoms with E-state index in [0.29, 0.717) is 6.54 Å². The number of phenols is 2. The number of aromatic hydroxyl groups is 2. The molecule has 1 fully saturated rings. The third-order valence-electron chi connectivity index (χ3n) is 4.35. The molecule has 1 aliphatic carbocycles. The molecule has 0 atom stereocenters. The van der Waals surface area contributed by atoms with Gasteiger partial charge in [-0.2, -0.15) is 0 Å². The summed E-state index contributed by atoms with van der Waals surface area (Å²) in [7, 11) is 5.75. The molecule has 1 saturated carbocycles. The second kappa shape index (κ2) is 5.32. The molecule has 0 saturated heterocycles. The minimum absolute atomic E-state index is 0.0183. The standard InChI is InChI=1S/C15H22N2O3/c1-16(2)15(8-5-9-15)10-17(3)14(20)13-11(18)6-4-7-12(13)19/h4,6-7,18-19H,5,8-10H2,1-3H3. The van der Waals surface area contributed by atoms with Crippen molar-refractivity contribution >= 4 is 5.91 Å². The number of carbonyl (C=O) groups is 1. The van der Waals surface area contributed by atoms with Crippen molar-refractivity contribution in [3.63, 3.8) is 0 Å². The van der Waals surface area contributed by atoms with Crippen LogP contribution in [0.3, 0.4) is 0 Å². The maximum atomic E-state index is 12.4. The van der Waals surface area contributed by atoms with E-state index in [1.54, 1.807) is 11.9 Å². The molecule has 1 aliphatic rings. The van der Waals surface area contributed by atoms with Crippen molar-refractivity contribution in [1.29, 1.82) is 0 Å². The van der Waals surface area contributed by atoms with Crippen LogP contribution in [0.1, 0.15) is 29.6 Å². The Morgan fingerprint density at radius 1 is 1.20 bits per heavy atom. The summed E-state index contributed by atoms with van der Waals surface area (Å²) >= 11 is 0. The van der Waals surface area contributed by atoms with E-state index in [2.05, 4.69) is 4.90 Å². The zero-order valence-electron chi connectivity index (χ0n) is 12.3. The predicted octanol–water partition coefficient (Wildman–Crippen LogP) is 1.65. The normalized spacial score (nSPS) is 16.8. The van der Waals surface area contributed by atoms with Gasteiger partial charge >= 0.3 is 0 Å². The summed E-state index contributed by atoms with van der Waals surface area (Å²) in [6.07, 6.45) is 3.29. The summed E-state index contributed by atoms with van der Waals surface area (Å²) in [5.74, 6) is -0.725. The highest BCUT2D eigenvalue weighted by Crippen LogP contribution is 2.37. The van der Waals surface area contributed by atoms with Gasteiger partial charge < -0.3 is 20.0 Å². The molecule has 1 amide bonds.